The predicted octanol–water partition coefficient (Wildman–Crippen LogP) is 0.805. The Morgan fingerprint density at radius 2 is 1.97 bits per heavy atom. The van der Waals surface area contributed by atoms with E-state index in [0.717, 1.165) is 45.2 Å². The van der Waals surface area contributed by atoms with Gasteiger partial charge in [0.15, 0.2) is 5.82 Å². The molecule has 3 fully saturated rings. The normalized spacial score (nSPS) is 34.6. The predicted molar refractivity (Wildman–Crippen MR) is 107 cm³/mol. The summed E-state index contributed by atoms with van der Waals surface area (Å²) in [4.78, 5) is 26.9. The minimum absolute atomic E-state index is 0.0733. The van der Waals surface area contributed by atoms with Gasteiger partial charge in [0.25, 0.3) is 0 Å². The van der Waals surface area contributed by atoms with Crippen LogP contribution in [0.4, 0.5) is 0 Å². The van der Waals surface area contributed by atoms with Gasteiger partial charge < -0.3 is 15.5 Å². The van der Waals surface area contributed by atoms with E-state index in [0.29, 0.717) is 43.0 Å². The lowest BCUT2D eigenvalue weighted by Crippen LogP contribution is -2.50. The average Bonchev–Trinajstić information content (AvgIpc) is 3.35. The highest BCUT2D eigenvalue weighted by molar-refractivity contribution is 5.74. The van der Waals surface area contributed by atoms with E-state index in [4.69, 9.17) is 0 Å². The van der Waals surface area contributed by atoms with Crippen LogP contribution in [0.1, 0.15) is 57.3 Å². The molecule has 0 unspecified atom stereocenters. The Kier molecular flexibility index (Phi) is 6.33. The van der Waals surface area contributed by atoms with Crippen LogP contribution in [0.5, 0.6) is 0 Å². The van der Waals surface area contributed by atoms with Gasteiger partial charge in [-0.15, -0.1) is 10.2 Å². The van der Waals surface area contributed by atoms with Gasteiger partial charge in [-0.05, 0) is 68.0 Å². The van der Waals surface area contributed by atoms with Crippen molar-refractivity contribution in [1.29, 1.82) is 0 Å². The molecule has 2 aliphatic heterocycles. The van der Waals surface area contributed by atoms with Gasteiger partial charge in [0.05, 0.1) is 6.04 Å². The number of carbonyl (C=O) groups is 2. The Hall–Kier alpha value is -2.07. The number of aromatic nitrogens is 4. The fourth-order valence-electron chi connectivity index (χ4n) is 5.59. The summed E-state index contributed by atoms with van der Waals surface area (Å²) < 4.78 is 0. The van der Waals surface area contributed by atoms with Gasteiger partial charge in [0.1, 0.15) is 12.1 Å². The number of tetrazole rings is 1. The first-order valence-electron chi connectivity index (χ1n) is 11.2. The van der Waals surface area contributed by atoms with E-state index in [-0.39, 0.29) is 6.04 Å². The summed E-state index contributed by atoms with van der Waals surface area (Å²) in [5.41, 5.74) is 0. The maximum absolute atomic E-state index is 11.9. The van der Waals surface area contributed by atoms with Crippen molar-refractivity contribution in [3.63, 3.8) is 0 Å². The van der Waals surface area contributed by atoms with E-state index in [9.17, 15) is 19.8 Å². The molecule has 0 spiro atoms. The summed E-state index contributed by atoms with van der Waals surface area (Å²) in [6.07, 6.45) is 6.00. The van der Waals surface area contributed by atoms with Crippen LogP contribution in [0.15, 0.2) is 0 Å². The second-order valence-electron chi connectivity index (χ2n) is 9.21. The molecule has 2 saturated heterocycles. The second kappa shape index (κ2) is 8.97. The van der Waals surface area contributed by atoms with Gasteiger partial charge >= 0.3 is 11.9 Å². The summed E-state index contributed by atoms with van der Waals surface area (Å²) in [5, 5.41) is 35.0. The van der Waals surface area contributed by atoms with Crippen LogP contribution in [0, 0.1) is 17.8 Å². The lowest BCUT2D eigenvalue weighted by atomic mass is 9.69. The molecule has 166 valence electrons. The molecule has 10 nitrogen and oxygen atoms in total. The van der Waals surface area contributed by atoms with Crippen molar-refractivity contribution in [2.75, 3.05) is 19.6 Å². The monoisotopic (exact) mass is 420 g/mol. The molecule has 3 N–H and O–H groups in total. The maximum atomic E-state index is 11.9. The summed E-state index contributed by atoms with van der Waals surface area (Å²) in [6.45, 7) is 4.19. The van der Waals surface area contributed by atoms with E-state index < -0.39 is 24.0 Å². The van der Waals surface area contributed by atoms with Crippen LogP contribution in [-0.4, -0.2) is 79.0 Å². The molecular formula is C20H32N6O4. The van der Waals surface area contributed by atoms with Gasteiger partial charge in [-0.25, -0.2) is 0 Å². The van der Waals surface area contributed by atoms with Crippen molar-refractivity contribution in [3.8, 4) is 0 Å². The zero-order valence-corrected chi connectivity index (χ0v) is 17.5. The van der Waals surface area contributed by atoms with Gasteiger partial charge in [-0.1, -0.05) is 6.92 Å². The summed E-state index contributed by atoms with van der Waals surface area (Å²) in [5.74, 6) is 0.481. The molecule has 0 aromatic carbocycles. The molecule has 4 rings (SSSR count). The Morgan fingerprint density at radius 3 is 2.70 bits per heavy atom. The molecule has 1 aromatic rings. The Balaban J connectivity index is 1.38. The van der Waals surface area contributed by atoms with Crippen LogP contribution in [0.25, 0.3) is 0 Å². The highest BCUT2D eigenvalue weighted by Gasteiger charge is 2.42. The van der Waals surface area contributed by atoms with E-state index >= 15 is 0 Å². The number of carboxylic acids is 2. The van der Waals surface area contributed by atoms with Crippen LogP contribution < -0.4 is 5.32 Å². The Bertz CT molecular complexity index is 770. The summed E-state index contributed by atoms with van der Waals surface area (Å²) in [6, 6.07) is -1.06. The van der Waals surface area contributed by atoms with Crippen molar-refractivity contribution in [2.45, 2.75) is 70.0 Å². The SMILES string of the molecule is CCCc1nnn([C@H]2C[C@@H](C(=O)O)N(C[C@H]3CC[C@H]4CN[C@H](C(=O)O)C[C@H]4C3)C2)n1. The molecule has 30 heavy (non-hydrogen) atoms. The fraction of sp³-hybridized carbons (Fsp3) is 0.850. The molecule has 0 radical (unpaired) electrons. The number of hydrogen-bond donors (Lipinski definition) is 3. The number of aliphatic carboxylic acids is 2. The lowest BCUT2D eigenvalue weighted by Gasteiger charge is -2.42. The molecule has 1 saturated carbocycles. The molecule has 3 aliphatic rings. The fourth-order valence-corrected chi connectivity index (χ4v) is 5.59. The third kappa shape index (κ3) is 4.49. The molecule has 0 amide bonds. The largest absolute Gasteiger partial charge is 0.480 e. The highest BCUT2D eigenvalue weighted by Crippen LogP contribution is 2.40. The molecule has 6 atom stereocenters. The first-order valence-corrected chi connectivity index (χ1v) is 11.2. The number of fused-ring (bicyclic) bond motifs is 1. The number of hydrogen-bond acceptors (Lipinski definition) is 7. The molecule has 0 bridgehead atoms. The molecular weight excluding hydrogens is 388 g/mol. The van der Waals surface area contributed by atoms with E-state index in [1.54, 1.807) is 4.80 Å². The Labute approximate surface area is 176 Å². The van der Waals surface area contributed by atoms with E-state index in [1.165, 1.54) is 0 Å². The molecule has 1 aliphatic carbocycles. The maximum Gasteiger partial charge on any atom is 0.321 e. The first-order chi connectivity index (χ1) is 14.4. The van der Waals surface area contributed by atoms with Crippen molar-refractivity contribution < 1.29 is 19.8 Å². The van der Waals surface area contributed by atoms with Crippen LogP contribution in [0.2, 0.25) is 0 Å². The van der Waals surface area contributed by atoms with Gasteiger partial charge in [0, 0.05) is 19.5 Å². The van der Waals surface area contributed by atoms with Gasteiger partial charge in [-0.3, -0.25) is 14.5 Å². The summed E-state index contributed by atoms with van der Waals surface area (Å²) >= 11 is 0. The standard InChI is InChI=1S/C20H32N6O4/c1-2-3-18-22-24-26(23-18)15-8-17(20(29)30)25(11-15)10-12-4-5-13-9-21-16(19(27)28)7-14(13)6-12/h12-17,21H,2-11H2,1H3,(H,27,28)(H,29,30)/t12-,13-,14+,15-,16-,17-/m0/s1. The molecule has 1 aromatic heterocycles. The lowest BCUT2D eigenvalue weighted by molar-refractivity contribution is -0.143. The average molecular weight is 421 g/mol. The number of rotatable bonds is 7. The number of piperidine rings is 1. The third-order valence-corrected chi connectivity index (χ3v) is 7.14. The van der Waals surface area contributed by atoms with E-state index in [2.05, 4.69) is 32.6 Å². The quantitative estimate of drug-likeness (QED) is 0.586. The number of nitrogens with one attached hydrogen (secondary N) is 1. The van der Waals surface area contributed by atoms with E-state index in [1.807, 2.05) is 0 Å². The zero-order chi connectivity index (χ0) is 21.3. The minimum atomic E-state index is -0.798. The van der Waals surface area contributed by atoms with Gasteiger partial charge in [-0.2, -0.15) is 4.80 Å². The topological polar surface area (TPSA) is 133 Å². The van der Waals surface area contributed by atoms with Crippen LogP contribution in [0.3, 0.4) is 0 Å². The van der Waals surface area contributed by atoms with Gasteiger partial charge in [0.2, 0.25) is 0 Å². The number of likely N-dealkylation sites (tertiary alicyclic amines) is 1. The minimum Gasteiger partial charge on any atom is -0.480 e. The molecule has 3 heterocycles. The Morgan fingerprint density at radius 1 is 1.13 bits per heavy atom. The molecule has 10 heteroatoms. The summed E-state index contributed by atoms with van der Waals surface area (Å²) in [7, 11) is 0. The smallest absolute Gasteiger partial charge is 0.321 e. The first kappa shape index (κ1) is 21.2. The third-order valence-electron chi connectivity index (χ3n) is 7.14. The van der Waals surface area contributed by atoms with Crippen LogP contribution >= 0.6 is 0 Å². The highest BCUT2D eigenvalue weighted by atomic mass is 16.4. The number of carboxylic acid groups (broad SMARTS) is 2. The van der Waals surface area contributed by atoms with Crippen LogP contribution in [-0.2, 0) is 16.0 Å². The van der Waals surface area contributed by atoms with Crippen molar-refractivity contribution >= 4 is 11.9 Å². The zero-order valence-electron chi connectivity index (χ0n) is 17.5. The number of aryl methyl sites for hydroxylation is 1. The van der Waals surface area contributed by atoms with Crippen molar-refractivity contribution in [2.24, 2.45) is 17.8 Å². The number of nitrogens with zero attached hydrogens (tertiary/aromatic N) is 5. The van der Waals surface area contributed by atoms with Crippen molar-refractivity contribution in [1.82, 2.24) is 30.4 Å². The second-order valence-corrected chi connectivity index (χ2v) is 9.21. The van der Waals surface area contributed by atoms with Crippen molar-refractivity contribution in [3.05, 3.63) is 5.82 Å².